The van der Waals surface area contributed by atoms with E-state index >= 15 is 0 Å². The molecule has 0 amide bonds. The molecule has 0 aliphatic rings. The van der Waals surface area contributed by atoms with Crippen molar-refractivity contribution >= 4 is 16.7 Å². The molecule has 0 spiro atoms. The molecule has 2 aromatic carbocycles. The summed E-state index contributed by atoms with van der Waals surface area (Å²) in [6.07, 6.45) is 0.493. The summed E-state index contributed by atoms with van der Waals surface area (Å²) in [5, 5.41) is 14.1. The normalized spacial score (nSPS) is 12.5. The molecule has 0 radical (unpaired) electrons. The summed E-state index contributed by atoms with van der Waals surface area (Å²) in [5.41, 5.74) is 1.06. The lowest BCUT2D eigenvalue weighted by Crippen LogP contribution is -2.35. The molecule has 0 fully saturated rings. The Morgan fingerprint density at radius 1 is 1.24 bits per heavy atom. The molecule has 1 unspecified atom stereocenters. The lowest BCUT2D eigenvalue weighted by atomic mass is 9.99. The van der Waals surface area contributed by atoms with Crippen molar-refractivity contribution in [3.05, 3.63) is 48.0 Å². The van der Waals surface area contributed by atoms with E-state index in [0.29, 0.717) is 6.42 Å². The minimum atomic E-state index is -0.819. The molecule has 2 N–H and O–H groups in total. The Morgan fingerprint density at radius 2 is 1.94 bits per heavy atom. The Morgan fingerprint density at radius 3 is 2.65 bits per heavy atom. The van der Waals surface area contributed by atoms with Crippen LogP contribution in [0.4, 0.5) is 0 Å². The van der Waals surface area contributed by atoms with Crippen LogP contribution in [0.3, 0.4) is 0 Å². The van der Waals surface area contributed by atoms with Crippen LogP contribution in [0.2, 0.25) is 0 Å². The first kappa shape index (κ1) is 11.6. The second-order valence-corrected chi connectivity index (χ2v) is 4.02. The number of carboxylic acids is 1. The minimum absolute atomic E-state index is 0.493. The van der Waals surface area contributed by atoms with Crippen LogP contribution in [-0.4, -0.2) is 24.2 Å². The highest BCUT2D eigenvalue weighted by Gasteiger charge is 2.16. The zero-order chi connectivity index (χ0) is 12.3. The quantitative estimate of drug-likeness (QED) is 0.843. The van der Waals surface area contributed by atoms with Gasteiger partial charge in [0.2, 0.25) is 0 Å². The topological polar surface area (TPSA) is 49.3 Å². The fourth-order valence-corrected chi connectivity index (χ4v) is 2.00. The van der Waals surface area contributed by atoms with Crippen molar-refractivity contribution in [3.63, 3.8) is 0 Å². The number of hydrogen-bond donors (Lipinski definition) is 2. The number of fused-ring (bicyclic) bond motifs is 1. The summed E-state index contributed by atoms with van der Waals surface area (Å²) in [6.45, 7) is 0. The molecule has 1 atom stereocenters. The number of aliphatic carboxylic acids is 1. The number of benzene rings is 2. The molecule has 17 heavy (non-hydrogen) atoms. The van der Waals surface area contributed by atoms with E-state index in [4.69, 9.17) is 5.11 Å². The maximum absolute atomic E-state index is 11.0. The fraction of sp³-hybridized carbons (Fsp3) is 0.214. The average molecular weight is 229 g/mol. The predicted octanol–water partition coefficient (Wildman–Crippen LogP) is 2.05. The van der Waals surface area contributed by atoms with Crippen LogP contribution in [0.5, 0.6) is 0 Å². The Bertz CT molecular complexity index is 531. The SMILES string of the molecule is CNC(Cc1cccc2ccccc12)C(=O)O. The summed E-state index contributed by atoms with van der Waals surface area (Å²) in [7, 11) is 1.67. The Hall–Kier alpha value is -1.87. The maximum atomic E-state index is 11.0. The first-order valence-electron chi connectivity index (χ1n) is 5.59. The molecule has 0 aromatic heterocycles. The van der Waals surface area contributed by atoms with Gasteiger partial charge in [-0.15, -0.1) is 0 Å². The van der Waals surface area contributed by atoms with Crippen molar-refractivity contribution in [2.45, 2.75) is 12.5 Å². The van der Waals surface area contributed by atoms with E-state index in [9.17, 15) is 4.79 Å². The first-order valence-corrected chi connectivity index (χ1v) is 5.59. The number of carboxylic acid groups (broad SMARTS) is 1. The Balaban J connectivity index is 2.38. The molecule has 0 aliphatic heterocycles. The average Bonchev–Trinajstić information content (AvgIpc) is 2.35. The largest absolute Gasteiger partial charge is 0.480 e. The Labute approximate surface area is 100 Å². The second kappa shape index (κ2) is 4.97. The van der Waals surface area contributed by atoms with Crippen molar-refractivity contribution in [3.8, 4) is 0 Å². The monoisotopic (exact) mass is 229 g/mol. The number of rotatable bonds is 4. The first-order chi connectivity index (χ1) is 8.22. The molecule has 0 aliphatic carbocycles. The molecular weight excluding hydrogens is 214 g/mol. The van der Waals surface area contributed by atoms with Gasteiger partial charge in [-0.1, -0.05) is 42.5 Å². The van der Waals surface area contributed by atoms with Gasteiger partial charge in [-0.05, 0) is 29.8 Å². The molecule has 0 heterocycles. The number of likely N-dealkylation sites (N-methyl/N-ethyl adjacent to an activating group) is 1. The van der Waals surface area contributed by atoms with Gasteiger partial charge in [0.25, 0.3) is 0 Å². The fourth-order valence-electron chi connectivity index (χ4n) is 2.00. The molecule has 0 bridgehead atoms. The van der Waals surface area contributed by atoms with Gasteiger partial charge in [-0.2, -0.15) is 0 Å². The lowest BCUT2D eigenvalue weighted by molar-refractivity contribution is -0.139. The summed E-state index contributed by atoms with van der Waals surface area (Å²) < 4.78 is 0. The maximum Gasteiger partial charge on any atom is 0.321 e. The highest BCUT2D eigenvalue weighted by atomic mass is 16.4. The lowest BCUT2D eigenvalue weighted by Gasteiger charge is -2.12. The van der Waals surface area contributed by atoms with Gasteiger partial charge in [-0.3, -0.25) is 4.79 Å². The van der Waals surface area contributed by atoms with Crippen LogP contribution in [-0.2, 0) is 11.2 Å². The smallest absolute Gasteiger partial charge is 0.321 e. The van der Waals surface area contributed by atoms with Crippen LogP contribution in [0, 0.1) is 0 Å². The van der Waals surface area contributed by atoms with Crippen molar-refractivity contribution in [2.75, 3.05) is 7.05 Å². The minimum Gasteiger partial charge on any atom is -0.480 e. The van der Waals surface area contributed by atoms with E-state index in [1.54, 1.807) is 7.05 Å². The third-order valence-corrected chi connectivity index (χ3v) is 2.95. The van der Waals surface area contributed by atoms with Crippen LogP contribution < -0.4 is 5.32 Å². The molecule has 2 rings (SSSR count). The van der Waals surface area contributed by atoms with Crippen LogP contribution in [0.25, 0.3) is 10.8 Å². The molecule has 2 aromatic rings. The van der Waals surface area contributed by atoms with Crippen LogP contribution in [0.1, 0.15) is 5.56 Å². The van der Waals surface area contributed by atoms with Gasteiger partial charge >= 0.3 is 5.97 Å². The van der Waals surface area contributed by atoms with E-state index in [1.807, 2.05) is 42.5 Å². The molecule has 0 saturated heterocycles. The van der Waals surface area contributed by atoms with Crippen molar-refractivity contribution in [1.82, 2.24) is 5.32 Å². The summed E-state index contributed by atoms with van der Waals surface area (Å²) in [4.78, 5) is 11.0. The zero-order valence-electron chi connectivity index (χ0n) is 9.68. The number of hydrogen-bond acceptors (Lipinski definition) is 2. The second-order valence-electron chi connectivity index (χ2n) is 4.02. The van der Waals surface area contributed by atoms with E-state index in [1.165, 1.54) is 0 Å². The van der Waals surface area contributed by atoms with Crippen molar-refractivity contribution in [2.24, 2.45) is 0 Å². The zero-order valence-corrected chi connectivity index (χ0v) is 9.68. The molecule has 3 nitrogen and oxygen atoms in total. The molecule has 0 saturated carbocycles. The number of carbonyl (C=O) groups is 1. The van der Waals surface area contributed by atoms with Gasteiger partial charge in [0, 0.05) is 0 Å². The Kier molecular flexibility index (Phi) is 3.40. The van der Waals surface area contributed by atoms with E-state index < -0.39 is 12.0 Å². The molecule has 88 valence electrons. The van der Waals surface area contributed by atoms with Crippen LogP contribution in [0.15, 0.2) is 42.5 Å². The van der Waals surface area contributed by atoms with Crippen LogP contribution >= 0.6 is 0 Å². The highest BCUT2D eigenvalue weighted by Crippen LogP contribution is 2.19. The van der Waals surface area contributed by atoms with Gasteiger partial charge < -0.3 is 10.4 Å². The highest BCUT2D eigenvalue weighted by molar-refractivity contribution is 5.86. The van der Waals surface area contributed by atoms with Gasteiger partial charge in [-0.25, -0.2) is 0 Å². The standard InChI is InChI=1S/C14H15NO2/c1-15-13(14(16)17)9-11-7-4-6-10-5-2-3-8-12(10)11/h2-8,13,15H,9H2,1H3,(H,16,17). The predicted molar refractivity (Wildman–Crippen MR) is 68.1 cm³/mol. The number of nitrogens with one attached hydrogen (secondary N) is 1. The molecular formula is C14H15NO2. The third kappa shape index (κ3) is 2.45. The summed E-state index contributed by atoms with van der Waals surface area (Å²) >= 11 is 0. The van der Waals surface area contributed by atoms with Crippen molar-refractivity contribution < 1.29 is 9.90 Å². The van der Waals surface area contributed by atoms with E-state index in [0.717, 1.165) is 16.3 Å². The van der Waals surface area contributed by atoms with Gasteiger partial charge in [0.15, 0.2) is 0 Å². The van der Waals surface area contributed by atoms with Crippen molar-refractivity contribution in [1.29, 1.82) is 0 Å². The van der Waals surface area contributed by atoms with Gasteiger partial charge in [0.1, 0.15) is 6.04 Å². The van der Waals surface area contributed by atoms with Gasteiger partial charge in [0.05, 0.1) is 0 Å². The summed E-state index contributed by atoms with van der Waals surface area (Å²) in [6, 6.07) is 13.5. The van der Waals surface area contributed by atoms with E-state index in [-0.39, 0.29) is 0 Å². The van der Waals surface area contributed by atoms with E-state index in [2.05, 4.69) is 5.32 Å². The third-order valence-electron chi connectivity index (χ3n) is 2.95. The molecule has 3 heteroatoms. The summed E-state index contributed by atoms with van der Waals surface area (Å²) in [5.74, 6) is -0.819.